The van der Waals surface area contributed by atoms with Crippen molar-refractivity contribution >= 4 is 22.8 Å². The Hall–Kier alpha value is -2.07. The van der Waals surface area contributed by atoms with E-state index in [2.05, 4.69) is 15.0 Å². The zero-order chi connectivity index (χ0) is 13.2. The van der Waals surface area contributed by atoms with Crippen molar-refractivity contribution in [2.75, 3.05) is 6.61 Å². The number of benzene rings is 1. The van der Waals surface area contributed by atoms with Crippen LogP contribution in [0.5, 0.6) is 5.75 Å². The minimum absolute atomic E-state index is 0.592. The number of halogens is 1. The second-order valence-corrected chi connectivity index (χ2v) is 4.50. The fourth-order valence-corrected chi connectivity index (χ4v) is 2.04. The molecular formula is C14H12ClN3O. The monoisotopic (exact) mass is 273 g/mol. The molecule has 0 unspecified atom stereocenters. The van der Waals surface area contributed by atoms with Gasteiger partial charge in [-0.3, -0.25) is 0 Å². The zero-order valence-electron chi connectivity index (χ0n) is 10.4. The van der Waals surface area contributed by atoms with Gasteiger partial charge in [0.1, 0.15) is 11.6 Å². The van der Waals surface area contributed by atoms with E-state index in [-0.39, 0.29) is 0 Å². The summed E-state index contributed by atoms with van der Waals surface area (Å²) in [6, 6.07) is 9.59. The van der Waals surface area contributed by atoms with E-state index in [4.69, 9.17) is 16.3 Å². The highest BCUT2D eigenvalue weighted by Crippen LogP contribution is 2.23. The summed E-state index contributed by atoms with van der Waals surface area (Å²) in [5.41, 5.74) is 2.47. The van der Waals surface area contributed by atoms with Crippen LogP contribution in [0, 0.1) is 0 Å². The van der Waals surface area contributed by atoms with Crippen molar-refractivity contribution in [3.8, 4) is 17.1 Å². The van der Waals surface area contributed by atoms with E-state index in [1.54, 1.807) is 6.20 Å². The highest BCUT2D eigenvalue weighted by molar-refractivity contribution is 6.31. The first-order valence-electron chi connectivity index (χ1n) is 6.01. The molecule has 0 aliphatic carbocycles. The summed E-state index contributed by atoms with van der Waals surface area (Å²) >= 11 is 5.90. The number of hydrogen-bond donors (Lipinski definition) is 1. The normalized spacial score (nSPS) is 10.8. The third kappa shape index (κ3) is 2.39. The number of aromatic nitrogens is 3. The number of nitrogens with one attached hydrogen (secondary N) is 1. The van der Waals surface area contributed by atoms with Crippen LogP contribution in [0.15, 0.2) is 36.5 Å². The molecule has 19 heavy (non-hydrogen) atoms. The summed E-state index contributed by atoms with van der Waals surface area (Å²) < 4.78 is 5.41. The van der Waals surface area contributed by atoms with Gasteiger partial charge in [0.2, 0.25) is 0 Å². The van der Waals surface area contributed by atoms with Gasteiger partial charge in [0, 0.05) is 11.8 Å². The molecule has 2 aromatic heterocycles. The van der Waals surface area contributed by atoms with Crippen molar-refractivity contribution in [3.63, 3.8) is 0 Å². The van der Waals surface area contributed by atoms with Crippen LogP contribution in [-0.4, -0.2) is 21.6 Å². The Kier molecular flexibility index (Phi) is 3.09. The molecule has 1 N–H and O–H groups in total. The number of H-pyrrole nitrogens is 1. The molecule has 0 aliphatic rings. The molecule has 96 valence electrons. The van der Waals surface area contributed by atoms with Crippen molar-refractivity contribution in [3.05, 3.63) is 41.6 Å². The zero-order valence-corrected chi connectivity index (χ0v) is 11.1. The summed E-state index contributed by atoms with van der Waals surface area (Å²) in [5, 5.41) is 0.592. The first-order valence-corrected chi connectivity index (χ1v) is 6.38. The van der Waals surface area contributed by atoms with Gasteiger partial charge in [-0.25, -0.2) is 9.97 Å². The molecular weight excluding hydrogens is 262 g/mol. The van der Waals surface area contributed by atoms with Crippen LogP contribution in [0.25, 0.3) is 22.6 Å². The molecule has 0 aliphatic heterocycles. The van der Waals surface area contributed by atoms with Gasteiger partial charge in [-0.05, 0) is 37.3 Å². The Morgan fingerprint density at radius 2 is 2.05 bits per heavy atom. The minimum atomic E-state index is 0.592. The molecule has 3 rings (SSSR count). The van der Waals surface area contributed by atoms with E-state index in [9.17, 15) is 0 Å². The maximum atomic E-state index is 5.90. The Bertz CT molecular complexity index is 706. The SMILES string of the molecule is CCOc1ccc(-c2nc3ncc(Cl)cc3[nH]2)cc1. The molecule has 0 bridgehead atoms. The Balaban J connectivity index is 1.99. The van der Waals surface area contributed by atoms with Gasteiger partial charge in [0.25, 0.3) is 0 Å². The third-order valence-electron chi connectivity index (χ3n) is 2.74. The van der Waals surface area contributed by atoms with Gasteiger partial charge < -0.3 is 9.72 Å². The first kappa shape index (κ1) is 12.0. The Morgan fingerprint density at radius 1 is 1.26 bits per heavy atom. The van der Waals surface area contributed by atoms with E-state index >= 15 is 0 Å². The number of nitrogens with zero attached hydrogens (tertiary/aromatic N) is 2. The first-order chi connectivity index (χ1) is 9.26. The summed E-state index contributed by atoms with van der Waals surface area (Å²) in [4.78, 5) is 11.8. The number of pyridine rings is 1. The number of imidazole rings is 1. The highest BCUT2D eigenvalue weighted by Gasteiger charge is 2.06. The fourth-order valence-electron chi connectivity index (χ4n) is 1.89. The Labute approximate surface area is 115 Å². The van der Waals surface area contributed by atoms with E-state index in [1.807, 2.05) is 37.3 Å². The molecule has 0 amide bonds. The number of aromatic amines is 1. The van der Waals surface area contributed by atoms with Gasteiger partial charge in [0.15, 0.2) is 5.65 Å². The maximum Gasteiger partial charge on any atom is 0.178 e. The van der Waals surface area contributed by atoms with Crippen LogP contribution >= 0.6 is 11.6 Å². The molecule has 0 atom stereocenters. The maximum absolute atomic E-state index is 5.90. The van der Waals surface area contributed by atoms with Crippen molar-refractivity contribution in [1.29, 1.82) is 0 Å². The molecule has 0 saturated heterocycles. The van der Waals surface area contributed by atoms with Crippen LogP contribution in [0.2, 0.25) is 5.02 Å². The van der Waals surface area contributed by atoms with Crippen molar-refractivity contribution in [2.45, 2.75) is 6.92 Å². The Morgan fingerprint density at radius 3 is 2.79 bits per heavy atom. The van der Waals surface area contributed by atoms with Gasteiger partial charge in [-0.1, -0.05) is 11.6 Å². The number of hydrogen-bond acceptors (Lipinski definition) is 3. The van der Waals surface area contributed by atoms with Gasteiger partial charge >= 0.3 is 0 Å². The standard InChI is InChI=1S/C14H12ClN3O/c1-2-19-11-5-3-9(4-6-11)13-17-12-7-10(15)8-16-14(12)18-13/h3-8H,2H2,1H3,(H,16,17,18). The molecule has 1 aromatic carbocycles. The molecule has 0 radical (unpaired) electrons. The minimum Gasteiger partial charge on any atom is -0.494 e. The number of ether oxygens (including phenoxy) is 1. The van der Waals surface area contributed by atoms with E-state index < -0.39 is 0 Å². The predicted molar refractivity (Wildman–Crippen MR) is 75.5 cm³/mol. The van der Waals surface area contributed by atoms with E-state index in [0.717, 1.165) is 22.7 Å². The molecule has 2 heterocycles. The summed E-state index contributed by atoms with van der Waals surface area (Å²) in [7, 11) is 0. The van der Waals surface area contributed by atoms with Crippen LogP contribution in [0.4, 0.5) is 0 Å². The molecule has 0 fully saturated rings. The molecule has 4 nitrogen and oxygen atoms in total. The van der Waals surface area contributed by atoms with Gasteiger partial charge in [-0.2, -0.15) is 0 Å². The van der Waals surface area contributed by atoms with Gasteiger partial charge in [-0.15, -0.1) is 0 Å². The van der Waals surface area contributed by atoms with Gasteiger partial charge in [0.05, 0.1) is 17.1 Å². The molecule has 3 aromatic rings. The predicted octanol–water partition coefficient (Wildman–Crippen LogP) is 3.68. The lowest BCUT2D eigenvalue weighted by Gasteiger charge is -2.02. The van der Waals surface area contributed by atoms with Crippen LogP contribution < -0.4 is 4.74 Å². The van der Waals surface area contributed by atoms with Crippen molar-refractivity contribution in [1.82, 2.24) is 15.0 Å². The number of fused-ring (bicyclic) bond motifs is 1. The van der Waals surface area contributed by atoms with E-state index in [0.29, 0.717) is 17.3 Å². The molecule has 0 spiro atoms. The number of rotatable bonds is 3. The average Bonchev–Trinajstić information content (AvgIpc) is 2.83. The largest absolute Gasteiger partial charge is 0.494 e. The lowest BCUT2D eigenvalue weighted by Crippen LogP contribution is -1.90. The lowest BCUT2D eigenvalue weighted by atomic mass is 10.2. The van der Waals surface area contributed by atoms with Crippen molar-refractivity contribution < 1.29 is 4.74 Å². The quantitative estimate of drug-likeness (QED) is 0.792. The fraction of sp³-hybridized carbons (Fsp3) is 0.143. The second kappa shape index (κ2) is 4.90. The van der Waals surface area contributed by atoms with Crippen molar-refractivity contribution in [2.24, 2.45) is 0 Å². The summed E-state index contributed by atoms with van der Waals surface area (Å²) in [6.45, 7) is 2.62. The second-order valence-electron chi connectivity index (χ2n) is 4.07. The van der Waals surface area contributed by atoms with Crippen LogP contribution in [0.1, 0.15) is 6.92 Å². The summed E-state index contributed by atoms with van der Waals surface area (Å²) in [5.74, 6) is 1.62. The van der Waals surface area contributed by atoms with E-state index in [1.165, 1.54) is 0 Å². The average molecular weight is 274 g/mol. The summed E-state index contributed by atoms with van der Waals surface area (Å²) in [6.07, 6.45) is 1.59. The van der Waals surface area contributed by atoms with Crippen LogP contribution in [-0.2, 0) is 0 Å². The lowest BCUT2D eigenvalue weighted by molar-refractivity contribution is 0.340. The molecule has 5 heteroatoms. The third-order valence-corrected chi connectivity index (χ3v) is 2.95. The topological polar surface area (TPSA) is 50.8 Å². The van der Waals surface area contributed by atoms with Crippen LogP contribution in [0.3, 0.4) is 0 Å². The molecule has 0 saturated carbocycles. The highest BCUT2D eigenvalue weighted by atomic mass is 35.5. The smallest absolute Gasteiger partial charge is 0.178 e.